The molecule has 1 aromatic carbocycles. The summed E-state index contributed by atoms with van der Waals surface area (Å²) >= 11 is 6.28. The van der Waals surface area contributed by atoms with Crippen LogP contribution in [0.15, 0.2) is 23.2 Å². The van der Waals surface area contributed by atoms with Crippen molar-refractivity contribution in [1.82, 2.24) is 25.4 Å². The summed E-state index contributed by atoms with van der Waals surface area (Å²) in [4.78, 5) is 4.26. The number of aryl methyl sites for hydroxylation is 1. The van der Waals surface area contributed by atoms with Gasteiger partial charge in [0, 0.05) is 31.6 Å². The number of hydrogen-bond donors (Lipinski definition) is 2. The Labute approximate surface area is 158 Å². The number of fused-ring (bicyclic) bond motifs is 1. The van der Waals surface area contributed by atoms with Crippen molar-refractivity contribution in [2.24, 2.45) is 4.99 Å². The lowest BCUT2D eigenvalue weighted by molar-refractivity contribution is 0.414. The second-order valence-electron chi connectivity index (χ2n) is 6.20. The molecular weight excluding hydrogens is 352 g/mol. The monoisotopic (exact) mass is 376 g/mol. The highest BCUT2D eigenvalue weighted by atomic mass is 35.5. The molecule has 0 atom stereocenters. The molecule has 0 bridgehead atoms. The number of hydrogen-bond acceptors (Lipinski definition) is 4. The average Bonchev–Trinajstić information content (AvgIpc) is 3.08. The standard InChI is InChI=1S/C18H25ClN6O/c1-20-18(21-9-8-13-6-7-14(26-2)11-15(13)19)22-12-17-24-23-16-5-3-4-10-25(16)17/h6-7,11H,3-5,8-10,12H2,1-2H3,(H2,20,21,22). The van der Waals surface area contributed by atoms with Gasteiger partial charge in [-0.2, -0.15) is 0 Å². The number of halogens is 1. The normalized spacial score (nSPS) is 14.0. The lowest BCUT2D eigenvalue weighted by atomic mass is 10.1. The van der Waals surface area contributed by atoms with E-state index >= 15 is 0 Å². The Hall–Kier alpha value is -2.28. The first kappa shape index (κ1) is 18.5. The molecule has 0 unspecified atom stereocenters. The zero-order valence-corrected chi connectivity index (χ0v) is 16.0. The van der Waals surface area contributed by atoms with Crippen LogP contribution in [0.25, 0.3) is 0 Å². The van der Waals surface area contributed by atoms with E-state index in [9.17, 15) is 0 Å². The molecule has 26 heavy (non-hydrogen) atoms. The van der Waals surface area contributed by atoms with Crippen molar-refractivity contribution in [1.29, 1.82) is 0 Å². The van der Waals surface area contributed by atoms with E-state index in [0.717, 1.165) is 54.9 Å². The van der Waals surface area contributed by atoms with Crippen molar-refractivity contribution >= 4 is 17.6 Å². The summed E-state index contributed by atoms with van der Waals surface area (Å²) in [7, 11) is 3.39. The van der Waals surface area contributed by atoms with Gasteiger partial charge in [0.05, 0.1) is 13.7 Å². The van der Waals surface area contributed by atoms with Crippen molar-refractivity contribution in [3.05, 3.63) is 40.4 Å². The van der Waals surface area contributed by atoms with Crippen molar-refractivity contribution < 1.29 is 4.74 Å². The average molecular weight is 377 g/mol. The molecule has 1 aromatic heterocycles. The predicted octanol–water partition coefficient (Wildman–Crippen LogP) is 2.18. The maximum absolute atomic E-state index is 6.28. The van der Waals surface area contributed by atoms with Crippen LogP contribution in [0.2, 0.25) is 5.02 Å². The molecular formula is C18H25ClN6O. The SMILES string of the molecule is CN=C(NCCc1ccc(OC)cc1Cl)NCc1nnc2n1CCCC2. The zero-order chi connectivity index (χ0) is 18.4. The highest BCUT2D eigenvalue weighted by Gasteiger charge is 2.15. The number of methoxy groups -OCH3 is 1. The van der Waals surface area contributed by atoms with Crippen LogP contribution in [0.5, 0.6) is 5.75 Å². The fourth-order valence-corrected chi connectivity index (χ4v) is 3.32. The van der Waals surface area contributed by atoms with Gasteiger partial charge in [0.1, 0.15) is 11.6 Å². The molecule has 140 valence electrons. The molecule has 2 heterocycles. The minimum absolute atomic E-state index is 0.607. The van der Waals surface area contributed by atoms with Crippen LogP contribution >= 0.6 is 11.6 Å². The maximum atomic E-state index is 6.28. The second kappa shape index (κ2) is 8.89. The highest BCUT2D eigenvalue weighted by molar-refractivity contribution is 6.31. The molecule has 1 aliphatic heterocycles. The van der Waals surface area contributed by atoms with E-state index in [-0.39, 0.29) is 0 Å². The molecule has 0 saturated heterocycles. The molecule has 0 amide bonds. The van der Waals surface area contributed by atoms with Crippen molar-refractivity contribution in [3.8, 4) is 5.75 Å². The largest absolute Gasteiger partial charge is 0.497 e. The van der Waals surface area contributed by atoms with Crippen LogP contribution < -0.4 is 15.4 Å². The highest BCUT2D eigenvalue weighted by Crippen LogP contribution is 2.22. The van der Waals surface area contributed by atoms with Gasteiger partial charge in [-0.3, -0.25) is 4.99 Å². The molecule has 0 radical (unpaired) electrons. The lowest BCUT2D eigenvalue weighted by Gasteiger charge is -2.16. The number of benzene rings is 1. The van der Waals surface area contributed by atoms with Gasteiger partial charge < -0.3 is 19.9 Å². The lowest BCUT2D eigenvalue weighted by Crippen LogP contribution is -2.38. The molecule has 7 nitrogen and oxygen atoms in total. The first-order valence-corrected chi connectivity index (χ1v) is 9.27. The molecule has 0 fully saturated rings. The number of ether oxygens (including phenoxy) is 1. The van der Waals surface area contributed by atoms with Crippen LogP contribution in [0.1, 0.15) is 30.1 Å². The molecule has 8 heteroatoms. The number of guanidine groups is 1. The van der Waals surface area contributed by atoms with Crippen LogP contribution in [0.3, 0.4) is 0 Å². The van der Waals surface area contributed by atoms with Crippen molar-refractivity contribution in [3.63, 3.8) is 0 Å². The Balaban J connectivity index is 1.49. The summed E-state index contributed by atoms with van der Waals surface area (Å²) in [6.07, 6.45) is 4.20. The molecule has 2 N–H and O–H groups in total. The van der Waals surface area contributed by atoms with E-state index in [1.807, 2.05) is 18.2 Å². The molecule has 0 spiro atoms. The summed E-state index contributed by atoms with van der Waals surface area (Å²) in [5.41, 5.74) is 1.07. The van der Waals surface area contributed by atoms with Crippen LogP contribution in [-0.4, -0.2) is 41.4 Å². The maximum Gasteiger partial charge on any atom is 0.191 e. The van der Waals surface area contributed by atoms with Gasteiger partial charge in [-0.15, -0.1) is 10.2 Å². The van der Waals surface area contributed by atoms with Gasteiger partial charge in [-0.1, -0.05) is 17.7 Å². The van der Waals surface area contributed by atoms with Gasteiger partial charge in [0.15, 0.2) is 11.8 Å². The fourth-order valence-electron chi connectivity index (χ4n) is 3.06. The smallest absolute Gasteiger partial charge is 0.191 e. The number of aliphatic imine (C=N–C) groups is 1. The summed E-state index contributed by atoms with van der Waals surface area (Å²) in [5, 5.41) is 15.9. The summed E-state index contributed by atoms with van der Waals surface area (Å²) in [6.45, 7) is 2.33. The van der Waals surface area contributed by atoms with Crippen LogP contribution in [-0.2, 0) is 25.9 Å². The molecule has 2 aromatic rings. The van der Waals surface area contributed by atoms with Crippen LogP contribution in [0, 0.1) is 0 Å². The summed E-state index contributed by atoms with van der Waals surface area (Å²) < 4.78 is 7.38. The van der Waals surface area contributed by atoms with Crippen molar-refractivity contribution in [2.45, 2.75) is 38.8 Å². The van der Waals surface area contributed by atoms with E-state index in [0.29, 0.717) is 11.6 Å². The fraction of sp³-hybridized carbons (Fsp3) is 0.500. The number of nitrogens with zero attached hydrogens (tertiary/aromatic N) is 4. The molecule has 0 saturated carbocycles. The first-order chi connectivity index (χ1) is 12.7. The van der Waals surface area contributed by atoms with Gasteiger partial charge >= 0.3 is 0 Å². The van der Waals surface area contributed by atoms with E-state index in [1.54, 1.807) is 14.2 Å². The van der Waals surface area contributed by atoms with E-state index in [2.05, 4.69) is 30.4 Å². The second-order valence-corrected chi connectivity index (χ2v) is 6.61. The van der Waals surface area contributed by atoms with Crippen LogP contribution in [0.4, 0.5) is 0 Å². The third-order valence-corrected chi connectivity index (χ3v) is 4.87. The van der Waals surface area contributed by atoms with Gasteiger partial charge in [-0.25, -0.2) is 0 Å². The van der Waals surface area contributed by atoms with Gasteiger partial charge in [0.2, 0.25) is 0 Å². The third-order valence-electron chi connectivity index (χ3n) is 4.52. The number of aromatic nitrogens is 3. The van der Waals surface area contributed by atoms with E-state index in [4.69, 9.17) is 16.3 Å². The Bertz CT molecular complexity index is 773. The minimum Gasteiger partial charge on any atom is -0.497 e. The van der Waals surface area contributed by atoms with Gasteiger partial charge in [0.25, 0.3) is 0 Å². The summed E-state index contributed by atoms with van der Waals surface area (Å²) in [6, 6.07) is 5.74. The number of nitrogens with one attached hydrogen (secondary N) is 2. The quantitative estimate of drug-likeness (QED) is 0.597. The van der Waals surface area contributed by atoms with E-state index in [1.165, 1.54) is 12.8 Å². The topological polar surface area (TPSA) is 76.4 Å². The summed E-state index contributed by atoms with van der Waals surface area (Å²) in [5.74, 6) is 3.55. The third kappa shape index (κ3) is 4.46. The Morgan fingerprint density at radius 2 is 2.19 bits per heavy atom. The Kier molecular flexibility index (Phi) is 6.33. The minimum atomic E-state index is 0.607. The van der Waals surface area contributed by atoms with Gasteiger partial charge in [-0.05, 0) is 37.0 Å². The molecule has 3 rings (SSSR count). The first-order valence-electron chi connectivity index (χ1n) is 8.89. The zero-order valence-electron chi connectivity index (χ0n) is 15.3. The predicted molar refractivity (Wildman–Crippen MR) is 103 cm³/mol. The Morgan fingerprint density at radius 1 is 1.31 bits per heavy atom. The number of rotatable bonds is 6. The Morgan fingerprint density at radius 3 is 2.96 bits per heavy atom. The van der Waals surface area contributed by atoms with E-state index < -0.39 is 0 Å². The van der Waals surface area contributed by atoms with Crippen molar-refractivity contribution in [2.75, 3.05) is 20.7 Å². The molecule has 0 aliphatic carbocycles. The molecule has 1 aliphatic rings.